The maximum absolute atomic E-state index is 11.5. The Balaban J connectivity index is 0.000000110. The maximum Gasteiger partial charge on any atom is 0.150 e. The van der Waals surface area contributed by atoms with Crippen LogP contribution in [-0.4, -0.2) is 151 Å². The first-order chi connectivity index (χ1) is 24.9. The monoisotopic (exact) mass is 900 g/mol. The zero-order chi connectivity index (χ0) is 36.0. The summed E-state index contributed by atoms with van der Waals surface area (Å²) >= 11 is 0. The van der Waals surface area contributed by atoms with Crippen LogP contribution in [0.4, 0.5) is 0 Å². The van der Waals surface area contributed by atoms with Gasteiger partial charge in [0.2, 0.25) is 0 Å². The van der Waals surface area contributed by atoms with E-state index in [1.165, 1.54) is 25.7 Å². The molecule has 2 radical (unpaired) electrons. The van der Waals surface area contributed by atoms with E-state index in [4.69, 9.17) is 0 Å². The molecule has 16 aliphatic rings. The summed E-state index contributed by atoms with van der Waals surface area (Å²) < 4.78 is 0. The minimum atomic E-state index is -0.111. The molecule has 54 heavy (non-hydrogen) atoms. The zero-order valence-electron chi connectivity index (χ0n) is 32.3. The Morgan fingerprint density at radius 2 is 0.537 bits per heavy atom. The molecule has 16 aliphatic heterocycles. The van der Waals surface area contributed by atoms with Crippen LogP contribution >= 0.6 is 0 Å². The van der Waals surface area contributed by atoms with Gasteiger partial charge in [0.25, 0.3) is 0 Å². The van der Waals surface area contributed by atoms with Crippen LogP contribution in [-0.2, 0) is 84.6 Å². The Kier molecular flexibility index (Phi) is 13.7. The number of carbonyl (C=O) groups is 4. The molecule has 8 atom stereocenters. The summed E-state index contributed by atoms with van der Waals surface area (Å²) in [6.07, 6.45) is 16.0. The summed E-state index contributed by atoms with van der Waals surface area (Å²) in [6, 6.07) is 4.54. The first-order valence-corrected chi connectivity index (χ1v) is 21.1. The third-order valence-electron chi connectivity index (χ3n) is 16.0. The number of rotatable bonds is 0. The molecule has 13 heteroatoms. The second-order valence-electron chi connectivity index (χ2n) is 19.4. The smallest absolute Gasteiger partial charge is 0.150 e. The van der Waals surface area contributed by atoms with Crippen molar-refractivity contribution in [3.8, 4) is 0 Å². The van der Waals surface area contributed by atoms with Gasteiger partial charge in [0.05, 0.1) is 44.5 Å². The normalized spacial score (nSPS) is 51.9. The molecule has 0 spiro atoms. The molecule has 0 aromatic rings. The number of hydrogen-bond acceptors (Lipinski definition) is 11. The Morgan fingerprint density at radius 1 is 0.352 bits per heavy atom. The van der Waals surface area contributed by atoms with Gasteiger partial charge in [-0.1, -0.05) is 6.92 Å². The molecule has 0 aliphatic carbocycles. The second kappa shape index (κ2) is 17.3. The van der Waals surface area contributed by atoms with Gasteiger partial charge in [-0.15, -0.1) is 0 Å². The van der Waals surface area contributed by atoms with Crippen LogP contribution in [0.25, 0.3) is 0 Å². The maximum atomic E-state index is 11.5. The number of nitrogens with zero attached hydrogens (tertiary/aromatic N) is 4. The largest absolute Gasteiger partial charge is 0.393 e. The molecule has 0 amide bonds. The number of aliphatic hydroxyl groups excluding tert-OH is 3. The summed E-state index contributed by atoms with van der Waals surface area (Å²) in [5.41, 5.74) is 0. The van der Waals surface area contributed by atoms with Crippen LogP contribution in [0.15, 0.2) is 0 Å². The van der Waals surface area contributed by atoms with Gasteiger partial charge in [-0.2, -0.15) is 0 Å². The van der Waals surface area contributed by atoms with Crippen molar-refractivity contribution < 1.29 is 99.9 Å². The number of ketones is 4. The Labute approximate surface area is 371 Å². The number of fused-ring (bicyclic) bond motifs is 4. The third-order valence-corrected chi connectivity index (χ3v) is 16.0. The molecular weight excluding hydrogens is 838 g/mol. The predicted octanol–water partition coefficient (Wildman–Crippen LogP) is 1.96. The van der Waals surface area contributed by atoms with E-state index in [1.54, 1.807) is 0 Å². The van der Waals surface area contributed by atoms with Gasteiger partial charge in [-0.3, -0.25) is 38.8 Å². The molecule has 3 N–H and O–H groups in total. The quantitative estimate of drug-likeness (QED) is 0.329. The van der Waals surface area contributed by atoms with Crippen molar-refractivity contribution in [2.75, 3.05) is 26.2 Å². The van der Waals surface area contributed by atoms with E-state index in [2.05, 4.69) is 26.5 Å². The summed E-state index contributed by atoms with van der Waals surface area (Å²) in [7, 11) is 0. The standard InChI is InChI=1S/C11H17NO.3C10H15NO2.2Y/c1-7-2-9-4-8-5-10(3-7)12(9)6-11(8)13;3*12-9-3-7-1-6-2-8(4-9)11(7)5-10(6)13;;/h7-10H,2-6H2,1H3;3*6-9,12H,1-5H2;;. The summed E-state index contributed by atoms with van der Waals surface area (Å²) in [5.74, 6) is 4.12. The van der Waals surface area contributed by atoms with Crippen LogP contribution in [0, 0.1) is 29.6 Å². The van der Waals surface area contributed by atoms with Crippen molar-refractivity contribution in [3.63, 3.8) is 0 Å². The molecule has 11 nitrogen and oxygen atoms in total. The molecule has 16 saturated heterocycles. The van der Waals surface area contributed by atoms with Crippen molar-refractivity contribution in [2.45, 2.75) is 176 Å². The number of hydrogen-bond donors (Lipinski definition) is 3. The minimum Gasteiger partial charge on any atom is -0.393 e. The van der Waals surface area contributed by atoms with Gasteiger partial charge in [0.15, 0.2) is 0 Å². The Morgan fingerprint density at radius 3 is 0.722 bits per heavy atom. The fourth-order valence-corrected chi connectivity index (χ4v) is 13.7. The van der Waals surface area contributed by atoms with Crippen molar-refractivity contribution >= 4 is 23.1 Å². The molecule has 0 saturated carbocycles. The molecule has 0 aromatic heterocycles. The van der Waals surface area contributed by atoms with E-state index in [1.807, 2.05) is 0 Å². The van der Waals surface area contributed by atoms with Crippen molar-refractivity contribution in [2.24, 2.45) is 29.6 Å². The van der Waals surface area contributed by atoms with E-state index in [0.717, 1.165) is 102 Å². The van der Waals surface area contributed by atoms with Crippen LogP contribution in [0.1, 0.15) is 110 Å². The average Bonchev–Trinajstić information content (AvgIpc) is 3.06. The SMILES string of the molecule is CC1CC2CC3CC(C1)N2CC3=O.O=C1CN2C3CC(O)CC2CC1C3.O=C1CN2C3CC(O)CC2CC1C3.O=C1CN2C3CC(O)CC2CC1C3.[Y].[Y]. The van der Waals surface area contributed by atoms with E-state index >= 15 is 0 Å². The van der Waals surface area contributed by atoms with Crippen LogP contribution < -0.4 is 0 Å². The van der Waals surface area contributed by atoms with Gasteiger partial charge in [-0.05, 0) is 109 Å². The van der Waals surface area contributed by atoms with Gasteiger partial charge in [-0.25, -0.2) is 0 Å². The minimum absolute atomic E-state index is 0. The van der Waals surface area contributed by atoms with E-state index in [9.17, 15) is 34.5 Å². The zero-order valence-corrected chi connectivity index (χ0v) is 38.0. The summed E-state index contributed by atoms with van der Waals surface area (Å²) in [4.78, 5) is 55.4. The Hall–Kier alpha value is 0.608. The number of Topliss-reactive ketones (excluding diaryl/α,β-unsaturated/α-hetero) is 4. The Bertz CT molecular complexity index is 1170. The average molecular weight is 901 g/mol. The van der Waals surface area contributed by atoms with Gasteiger partial charge in [0.1, 0.15) is 23.1 Å². The number of aliphatic hydroxyl groups is 3. The van der Waals surface area contributed by atoms with Crippen LogP contribution in [0.2, 0.25) is 0 Å². The fourth-order valence-electron chi connectivity index (χ4n) is 13.7. The predicted molar refractivity (Wildman–Crippen MR) is 192 cm³/mol. The van der Waals surface area contributed by atoms with Crippen LogP contribution in [0.3, 0.4) is 0 Å². The molecule has 16 bridgehead atoms. The van der Waals surface area contributed by atoms with Crippen molar-refractivity contribution in [3.05, 3.63) is 0 Å². The third kappa shape index (κ3) is 8.47. The van der Waals surface area contributed by atoms with E-state index < -0.39 is 0 Å². The van der Waals surface area contributed by atoms with Gasteiger partial charge >= 0.3 is 0 Å². The molecule has 16 fully saturated rings. The molecule has 16 heterocycles. The molecule has 0 aromatic carbocycles. The second-order valence-corrected chi connectivity index (χ2v) is 19.4. The van der Waals surface area contributed by atoms with Gasteiger partial charge in [0, 0.05) is 137 Å². The van der Waals surface area contributed by atoms with Crippen LogP contribution in [0.5, 0.6) is 0 Å². The molecule has 16 rings (SSSR count). The van der Waals surface area contributed by atoms with E-state index in [-0.39, 0.29) is 83.7 Å². The van der Waals surface area contributed by atoms with Crippen molar-refractivity contribution in [1.82, 2.24) is 19.6 Å². The first kappa shape index (κ1) is 42.7. The number of piperidine rings is 16. The summed E-state index contributed by atoms with van der Waals surface area (Å²) in [6.45, 7) is 5.11. The topological polar surface area (TPSA) is 142 Å². The fraction of sp³-hybridized carbons (Fsp3) is 0.902. The molecule has 8 unspecified atom stereocenters. The van der Waals surface area contributed by atoms with Crippen molar-refractivity contribution in [1.29, 1.82) is 0 Å². The van der Waals surface area contributed by atoms with E-state index in [0.29, 0.717) is 103 Å². The first-order valence-electron chi connectivity index (χ1n) is 21.1. The number of carbonyl (C=O) groups excluding carboxylic acids is 4. The summed E-state index contributed by atoms with van der Waals surface area (Å²) in [5, 5.41) is 28.8. The van der Waals surface area contributed by atoms with Gasteiger partial charge < -0.3 is 15.3 Å². The molecular formula is C41H62N4O7Y2. The molecule has 294 valence electrons.